The maximum absolute atomic E-state index is 11.9. The highest BCUT2D eigenvalue weighted by atomic mass is 79.9. The Morgan fingerprint density at radius 3 is 2.55 bits per heavy atom. The average molecular weight is 426 g/mol. The lowest BCUT2D eigenvalue weighted by molar-refractivity contribution is 0.0955. The van der Waals surface area contributed by atoms with Crippen LogP contribution in [0, 0.1) is 0 Å². The molecule has 2 aromatic carbocycles. The summed E-state index contributed by atoms with van der Waals surface area (Å²) in [5.41, 5.74) is 3.83. The summed E-state index contributed by atoms with van der Waals surface area (Å²) in [4.78, 5) is 11.9. The molecule has 0 heterocycles. The van der Waals surface area contributed by atoms with Crippen LogP contribution >= 0.6 is 31.9 Å². The fourth-order valence-electron chi connectivity index (χ4n) is 1.73. The van der Waals surface area contributed by atoms with Gasteiger partial charge in [-0.3, -0.25) is 4.79 Å². The molecule has 2 rings (SSSR count). The minimum atomic E-state index is -0.267. The van der Waals surface area contributed by atoms with Gasteiger partial charge in [0.2, 0.25) is 0 Å². The van der Waals surface area contributed by atoms with Crippen LogP contribution in [0.2, 0.25) is 0 Å². The van der Waals surface area contributed by atoms with E-state index in [1.165, 1.54) is 0 Å². The van der Waals surface area contributed by atoms with Crippen LogP contribution in [0.3, 0.4) is 0 Å². The van der Waals surface area contributed by atoms with Crippen LogP contribution in [0.5, 0.6) is 5.75 Å². The molecular weight excluding hydrogens is 412 g/mol. The first-order valence-corrected chi connectivity index (χ1v) is 8.20. The second-order valence-corrected chi connectivity index (χ2v) is 6.15. The van der Waals surface area contributed by atoms with Gasteiger partial charge in [0.15, 0.2) is 0 Å². The average Bonchev–Trinajstić information content (AvgIpc) is 2.50. The Morgan fingerprint density at radius 1 is 1.18 bits per heavy atom. The second-order valence-electron chi connectivity index (χ2n) is 4.32. The minimum absolute atomic E-state index is 0.267. The first-order chi connectivity index (χ1) is 10.6. The third-order valence-electron chi connectivity index (χ3n) is 2.75. The first kappa shape index (κ1) is 16.7. The zero-order valence-corrected chi connectivity index (χ0v) is 15.0. The van der Waals surface area contributed by atoms with Crippen molar-refractivity contribution in [3.05, 3.63) is 62.5 Å². The Bertz CT molecular complexity index is 685. The van der Waals surface area contributed by atoms with Gasteiger partial charge in [0, 0.05) is 20.1 Å². The van der Waals surface area contributed by atoms with Crippen LogP contribution in [0.15, 0.2) is 56.5 Å². The van der Waals surface area contributed by atoms with Crippen molar-refractivity contribution in [2.75, 3.05) is 6.61 Å². The van der Waals surface area contributed by atoms with E-state index in [9.17, 15) is 4.79 Å². The monoisotopic (exact) mass is 424 g/mol. The van der Waals surface area contributed by atoms with Gasteiger partial charge >= 0.3 is 0 Å². The van der Waals surface area contributed by atoms with Crippen molar-refractivity contribution >= 4 is 44.0 Å². The van der Waals surface area contributed by atoms with Crippen LogP contribution in [0.25, 0.3) is 0 Å². The molecule has 0 aliphatic heterocycles. The SMILES string of the molecule is CCOc1ccc(Br)cc1/C=N/NC(=O)c1ccc(Br)cc1. The summed E-state index contributed by atoms with van der Waals surface area (Å²) in [6, 6.07) is 12.7. The van der Waals surface area contributed by atoms with Crippen molar-refractivity contribution in [2.45, 2.75) is 6.92 Å². The quantitative estimate of drug-likeness (QED) is 0.571. The summed E-state index contributed by atoms with van der Waals surface area (Å²) < 4.78 is 7.35. The number of nitrogens with one attached hydrogen (secondary N) is 1. The molecule has 114 valence electrons. The van der Waals surface area contributed by atoms with Crippen LogP contribution in [0.4, 0.5) is 0 Å². The fourth-order valence-corrected chi connectivity index (χ4v) is 2.38. The zero-order valence-electron chi connectivity index (χ0n) is 11.8. The lowest BCUT2D eigenvalue weighted by atomic mass is 10.2. The van der Waals surface area contributed by atoms with E-state index in [4.69, 9.17) is 4.74 Å². The van der Waals surface area contributed by atoms with E-state index >= 15 is 0 Å². The number of benzene rings is 2. The number of carbonyl (C=O) groups is 1. The summed E-state index contributed by atoms with van der Waals surface area (Å²) in [5, 5.41) is 3.99. The van der Waals surface area contributed by atoms with Crippen LogP contribution < -0.4 is 10.2 Å². The van der Waals surface area contributed by atoms with Crippen molar-refractivity contribution in [3.8, 4) is 5.75 Å². The van der Waals surface area contributed by atoms with Gasteiger partial charge in [-0.25, -0.2) is 5.43 Å². The minimum Gasteiger partial charge on any atom is -0.493 e. The Morgan fingerprint density at radius 2 is 1.86 bits per heavy atom. The first-order valence-electron chi connectivity index (χ1n) is 6.61. The molecule has 1 amide bonds. The maximum Gasteiger partial charge on any atom is 0.271 e. The van der Waals surface area contributed by atoms with Gasteiger partial charge in [0.1, 0.15) is 5.75 Å². The van der Waals surface area contributed by atoms with E-state index in [0.29, 0.717) is 17.9 Å². The summed E-state index contributed by atoms with van der Waals surface area (Å²) >= 11 is 6.73. The largest absolute Gasteiger partial charge is 0.493 e. The molecule has 0 radical (unpaired) electrons. The summed E-state index contributed by atoms with van der Waals surface area (Å²) in [6.07, 6.45) is 1.56. The number of hydrogen-bond acceptors (Lipinski definition) is 3. The number of hydrazone groups is 1. The summed E-state index contributed by atoms with van der Waals surface area (Å²) in [5.74, 6) is 0.448. The predicted molar refractivity (Wildman–Crippen MR) is 94.5 cm³/mol. The van der Waals surface area contributed by atoms with Gasteiger partial charge in [-0.05, 0) is 49.4 Å². The van der Waals surface area contributed by atoms with Gasteiger partial charge in [-0.2, -0.15) is 5.10 Å². The molecule has 0 bridgehead atoms. The number of halogens is 2. The number of hydrogen-bond donors (Lipinski definition) is 1. The molecule has 22 heavy (non-hydrogen) atoms. The number of ether oxygens (including phenoxy) is 1. The van der Waals surface area contributed by atoms with Gasteiger partial charge < -0.3 is 4.74 Å². The van der Waals surface area contributed by atoms with Crippen LogP contribution in [-0.2, 0) is 0 Å². The van der Waals surface area contributed by atoms with Gasteiger partial charge in [-0.15, -0.1) is 0 Å². The van der Waals surface area contributed by atoms with E-state index in [2.05, 4.69) is 42.4 Å². The third kappa shape index (κ3) is 4.68. The molecule has 4 nitrogen and oxygen atoms in total. The second kappa shape index (κ2) is 8.10. The van der Waals surface area contributed by atoms with Crippen molar-refractivity contribution in [3.63, 3.8) is 0 Å². The molecular formula is C16H14Br2N2O2. The fraction of sp³-hybridized carbons (Fsp3) is 0.125. The van der Waals surface area contributed by atoms with E-state index in [1.54, 1.807) is 30.5 Å². The molecule has 0 saturated carbocycles. The molecule has 0 aromatic heterocycles. The van der Waals surface area contributed by atoms with Gasteiger partial charge in [0.05, 0.1) is 12.8 Å². The molecule has 0 atom stereocenters. The highest BCUT2D eigenvalue weighted by molar-refractivity contribution is 9.10. The molecule has 0 fully saturated rings. The van der Waals surface area contributed by atoms with Crippen LogP contribution in [0.1, 0.15) is 22.8 Å². The molecule has 0 spiro atoms. The topological polar surface area (TPSA) is 50.7 Å². The number of amides is 1. The lowest BCUT2D eigenvalue weighted by Gasteiger charge is -2.07. The Kier molecular flexibility index (Phi) is 6.15. The molecule has 0 aliphatic carbocycles. The smallest absolute Gasteiger partial charge is 0.271 e. The highest BCUT2D eigenvalue weighted by Crippen LogP contribution is 2.21. The van der Waals surface area contributed by atoms with Crippen molar-refractivity contribution < 1.29 is 9.53 Å². The Hall–Kier alpha value is -1.66. The molecule has 1 N–H and O–H groups in total. The maximum atomic E-state index is 11.9. The third-order valence-corrected chi connectivity index (χ3v) is 3.77. The number of rotatable bonds is 5. The molecule has 0 unspecified atom stereocenters. The van der Waals surface area contributed by atoms with Crippen molar-refractivity contribution in [2.24, 2.45) is 5.10 Å². The van der Waals surface area contributed by atoms with E-state index in [-0.39, 0.29) is 5.91 Å². The van der Waals surface area contributed by atoms with Crippen molar-refractivity contribution in [1.82, 2.24) is 5.43 Å². The predicted octanol–water partition coefficient (Wildman–Crippen LogP) is 4.37. The zero-order chi connectivity index (χ0) is 15.9. The number of nitrogens with zero attached hydrogens (tertiary/aromatic N) is 1. The summed E-state index contributed by atoms with van der Waals surface area (Å²) in [6.45, 7) is 2.48. The molecule has 2 aromatic rings. The van der Waals surface area contributed by atoms with Gasteiger partial charge in [0.25, 0.3) is 5.91 Å². The summed E-state index contributed by atoms with van der Waals surface area (Å²) in [7, 11) is 0. The molecule has 0 saturated heterocycles. The lowest BCUT2D eigenvalue weighted by Crippen LogP contribution is -2.17. The molecule has 6 heteroatoms. The van der Waals surface area contributed by atoms with E-state index < -0.39 is 0 Å². The van der Waals surface area contributed by atoms with E-state index in [0.717, 1.165) is 14.5 Å². The van der Waals surface area contributed by atoms with E-state index in [1.807, 2.05) is 25.1 Å². The Balaban J connectivity index is 2.07. The molecule has 0 aliphatic rings. The van der Waals surface area contributed by atoms with Crippen LogP contribution in [-0.4, -0.2) is 18.7 Å². The number of carbonyl (C=O) groups excluding carboxylic acids is 1. The Labute approximate surface area is 145 Å². The van der Waals surface area contributed by atoms with Gasteiger partial charge in [-0.1, -0.05) is 31.9 Å². The van der Waals surface area contributed by atoms with Crippen molar-refractivity contribution in [1.29, 1.82) is 0 Å². The normalized spacial score (nSPS) is 10.7. The highest BCUT2D eigenvalue weighted by Gasteiger charge is 2.04. The standard InChI is InChI=1S/C16H14Br2N2O2/c1-2-22-15-8-7-14(18)9-12(15)10-19-20-16(21)11-3-5-13(17)6-4-11/h3-10H,2H2,1H3,(H,20,21)/b19-10+.